The Bertz CT molecular complexity index is 1990. The monoisotopic (exact) mass is 821 g/mol. The van der Waals surface area contributed by atoms with Crippen LogP contribution >= 0.6 is 23.5 Å². The Morgan fingerprint density at radius 2 is 0.897 bits per heavy atom. The summed E-state index contributed by atoms with van der Waals surface area (Å²) in [5.41, 5.74) is 3.16. The number of carbonyl (C=O) groups excluding carboxylic acids is 5. The van der Waals surface area contributed by atoms with Crippen molar-refractivity contribution in [1.82, 2.24) is 0 Å². The molecule has 58 heavy (non-hydrogen) atoms. The minimum atomic E-state index is -0.350. The van der Waals surface area contributed by atoms with Gasteiger partial charge in [0.2, 0.25) is 17.7 Å². The van der Waals surface area contributed by atoms with Crippen molar-refractivity contribution in [2.75, 3.05) is 16.0 Å². The van der Waals surface area contributed by atoms with Crippen molar-refractivity contribution in [1.29, 1.82) is 0 Å². The van der Waals surface area contributed by atoms with Gasteiger partial charge in [-0.15, -0.1) is 0 Å². The molecule has 4 aromatic carbocycles. The van der Waals surface area contributed by atoms with Gasteiger partial charge >= 0.3 is 0 Å². The van der Waals surface area contributed by atoms with E-state index in [4.69, 9.17) is 0 Å². The summed E-state index contributed by atoms with van der Waals surface area (Å²) in [5, 5.41) is 8.91. The maximum atomic E-state index is 12.9. The van der Waals surface area contributed by atoms with E-state index in [9.17, 15) is 24.0 Å². The van der Waals surface area contributed by atoms with Crippen molar-refractivity contribution in [3.8, 4) is 0 Å². The van der Waals surface area contributed by atoms with Crippen molar-refractivity contribution >= 4 is 68.5 Å². The molecule has 3 N–H and O–H groups in total. The molecular formula is C48H59N3O5S2. The molecule has 0 unspecified atom stereocenters. The number of benzene rings is 4. The molecule has 8 nitrogen and oxygen atoms in total. The molecule has 6 rings (SSSR count). The van der Waals surface area contributed by atoms with Gasteiger partial charge in [0.25, 0.3) is 0 Å². The minimum Gasteiger partial charge on any atom is -0.326 e. The van der Waals surface area contributed by atoms with Gasteiger partial charge < -0.3 is 16.0 Å². The second-order valence-electron chi connectivity index (χ2n) is 15.3. The lowest BCUT2D eigenvalue weighted by atomic mass is 9.75. The summed E-state index contributed by atoms with van der Waals surface area (Å²) in [5.74, 6) is -0.0775. The lowest BCUT2D eigenvalue weighted by molar-refractivity contribution is -0.127. The highest BCUT2D eigenvalue weighted by molar-refractivity contribution is 8.14. The summed E-state index contributed by atoms with van der Waals surface area (Å²) in [7, 11) is 0. The van der Waals surface area contributed by atoms with Crippen LogP contribution in [0.15, 0.2) is 113 Å². The third-order valence-electron chi connectivity index (χ3n) is 10.6. The van der Waals surface area contributed by atoms with Crippen LogP contribution in [0.1, 0.15) is 110 Å². The van der Waals surface area contributed by atoms with Gasteiger partial charge in [-0.05, 0) is 90.7 Å². The van der Waals surface area contributed by atoms with Crippen molar-refractivity contribution in [3.05, 3.63) is 114 Å². The maximum Gasteiger partial charge on any atom is 0.230 e. The molecule has 0 bridgehead atoms. The van der Waals surface area contributed by atoms with Crippen LogP contribution in [0.2, 0.25) is 0 Å². The van der Waals surface area contributed by atoms with Gasteiger partial charge in [0, 0.05) is 46.1 Å². The predicted molar refractivity (Wildman–Crippen MR) is 240 cm³/mol. The average Bonchev–Trinajstić information content (AvgIpc) is 3.22. The summed E-state index contributed by atoms with van der Waals surface area (Å²) in [6.07, 6.45) is 11.0. The molecular weight excluding hydrogens is 763 g/mol. The second-order valence-corrected chi connectivity index (χ2v) is 17.5. The lowest BCUT2D eigenvalue weighted by Crippen LogP contribution is -2.35. The van der Waals surface area contributed by atoms with Crippen LogP contribution in [0.3, 0.4) is 0 Å². The van der Waals surface area contributed by atoms with Gasteiger partial charge in [-0.2, -0.15) is 0 Å². The third kappa shape index (κ3) is 14.0. The Kier molecular flexibility index (Phi) is 18.3. The van der Waals surface area contributed by atoms with E-state index in [-0.39, 0.29) is 45.2 Å². The Morgan fingerprint density at radius 3 is 1.36 bits per heavy atom. The number of para-hydroxylation sites is 3. The summed E-state index contributed by atoms with van der Waals surface area (Å²) >= 11 is 2.31. The molecule has 0 spiro atoms. The molecule has 3 amide bonds. The largest absolute Gasteiger partial charge is 0.326 e. The van der Waals surface area contributed by atoms with Gasteiger partial charge in [0.1, 0.15) is 0 Å². The van der Waals surface area contributed by atoms with E-state index in [1.165, 1.54) is 31.5 Å². The Labute approximate surface area is 353 Å². The molecule has 4 aromatic rings. The van der Waals surface area contributed by atoms with E-state index >= 15 is 0 Å². The first kappa shape index (κ1) is 46.0. The average molecular weight is 822 g/mol. The third-order valence-corrected chi connectivity index (χ3v) is 12.5. The number of amides is 3. The molecule has 2 saturated carbocycles. The SMILES string of the molecule is CC.CC(=O)Nc1ccccc1CC(=O)Sc1ccccc1NC(=O)C1(C)CCCCC1.CC1(C(=O)Nc2ccccc2SC(=O)Cc2ccccc2)CCCCC1. The number of carbonyl (C=O) groups is 5. The van der Waals surface area contributed by atoms with Gasteiger partial charge in [0.05, 0.1) is 11.4 Å². The highest BCUT2D eigenvalue weighted by Crippen LogP contribution is 2.39. The molecule has 0 aliphatic heterocycles. The van der Waals surface area contributed by atoms with Crippen LogP contribution in [0.5, 0.6) is 0 Å². The molecule has 2 aliphatic carbocycles. The predicted octanol–water partition coefficient (Wildman–Crippen LogP) is 11.9. The molecule has 0 atom stereocenters. The fourth-order valence-electron chi connectivity index (χ4n) is 7.20. The zero-order valence-electron chi connectivity index (χ0n) is 34.7. The number of thioether (sulfide) groups is 2. The zero-order chi connectivity index (χ0) is 42.0. The molecule has 10 heteroatoms. The molecule has 2 fully saturated rings. The molecule has 0 radical (unpaired) electrons. The highest BCUT2D eigenvalue weighted by atomic mass is 32.2. The highest BCUT2D eigenvalue weighted by Gasteiger charge is 2.36. The Hall–Kier alpha value is -4.67. The number of nitrogens with one attached hydrogen (secondary N) is 3. The smallest absolute Gasteiger partial charge is 0.230 e. The van der Waals surface area contributed by atoms with E-state index in [0.29, 0.717) is 17.8 Å². The summed E-state index contributed by atoms with van der Waals surface area (Å²) in [4.78, 5) is 63.9. The first-order valence-corrected chi connectivity index (χ1v) is 22.2. The fourth-order valence-corrected chi connectivity index (χ4v) is 8.91. The second kappa shape index (κ2) is 23.1. The Balaban J connectivity index is 0.000000248. The first-order chi connectivity index (χ1) is 27.9. The van der Waals surface area contributed by atoms with Gasteiger partial charge in [-0.1, -0.05) is 139 Å². The zero-order valence-corrected chi connectivity index (χ0v) is 36.3. The molecule has 308 valence electrons. The van der Waals surface area contributed by atoms with E-state index in [2.05, 4.69) is 22.9 Å². The van der Waals surface area contributed by atoms with Crippen molar-refractivity contribution in [3.63, 3.8) is 0 Å². The Morgan fingerprint density at radius 1 is 0.500 bits per heavy atom. The topological polar surface area (TPSA) is 121 Å². The number of hydrogen-bond acceptors (Lipinski definition) is 7. The van der Waals surface area contributed by atoms with E-state index in [1.807, 2.05) is 118 Å². The van der Waals surface area contributed by atoms with Crippen molar-refractivity contribution < 1.29 is 24.0 Å². The minimum absolute atomic E-state index is 0.0266. The van der Waals surface area contributed by atoms with Crippen LogP contribution in [0, 0.1) is 10.8 Å². The number of rotatable bonds is 11. The fraction of sp³-hybridized carbons (Fsp3) is 0.396. The summed E-state index contributed by atoms with van der Waals surface area (Å²) in [6, 6.07) is 32.0. The van der Waals surface area contributed by atoms with Gasteiger partial charge in [0.15, 0.2) is 10.2 Å². The van der Waals surface area contributed by atoms with Crippen LogP contribution in [-0.4, -0.2) is 28.0 Å². The summed E-state index contributed by atoms with van der Waals surface area (Å²) < 4.78 is 0. The molecule has 0 saturated heterocycles. The van der Waals surface area contributed by atoms with Crippen LogP contribution in [0.25, 0.3) is 0 Å². The molecule has 2 aliphatic rings. The number of anilines is 3. The maximum absolute atomic E-state index is 12.9. The van der Waals surface area contributed by atoms with E-state index in [1.54, 1.807) is 6.07 Å². The van der Waals surface area contributed by atoms with Crippen molar-refractivity contribution in [2.45, 2.75) is 121 Å². The first-order valence-electron chi connectivity index (χ1n) is 20.6. The van der Waals surface area contributed by atoms with Crippen LogP contribution in [-0.2, 0) is 36.8 Å². The number of hydrogen-bond donors (Lipinski definition) is 3. The summed E-state index contributed by atoms with van der Waals surface area (Å²) in [6.45, 7) is 9.53. The van der Waals surface area contributed by atoms with Crippen LogP contribution < -0.4 is 16.0 Å². The molecule has 0 heterocycles. The quantitative estimate of drug-likeness (QED) is 0.129. The van der Waals surface area contributed by atoms with E-state index < -0.39 is 0 Å². The van der Waals surface area contributed by atoms with Gasteiger partial charge in [-0.25, -0.2) is 0 Å². The van der Waals surface area contributed by atoms with Crippen LogP contribution in [0.4, 0.5) is 17.1 Å². The normalized spacial score (nSPS) is 15.2. The van der Waals surface area contributed by atoms with Gasteiger partial charge in [-0.3, -0.25) is 24.0 Å². The standard InChI is InChI=1S/C24H28N2O3S.C22H25NO2S.C2H6/c1-17(27)25-19-11-5-4-10-18(19)16-22(28)30-21-13-7-6-12-20(21)26-23(29)24(2)14-8-3-9-15-24;1-22(14-8-3-9-15-22)21(25)23-18-12-6-7-13-19(18)26-20(24)16-17-10-4-2-5-11-17;1-2/h4-7,10-13H,3,8-9,14-16H2,1-2H3,(H,25,27)(H,26,29);2,4-7,10-13H,3,8-9,14-16H2,1H3,(H,23,25);1-2H3. The molecule has 0 aromatic heterocycles. The van der Waals surface area contributed by atoms with Crippen molar-refractivity contribution in [2.24, 2.45) is 10.8 Å². The van der Waals surface area contributed by atoms with E-state index in [0.717, 1.165) is 89.7 Å². The lowest BCUT2D eigenvalue weighted by Gasteiger charge is -2.32.